The number of anilines is 1. The minimum absolute atomic E-state index is 0.419. The molecule has 0 radical (unpaired) electrons. The van der Waals surface area contributed by atoms with Gasteiger partial charge in [-0.3, -0.25) is 4.98 Å². The molecule has 1 N–H and O–H groups in total. The molecule has 1 saturated carbocycles. The van der Waals surface area contributed by atoms with Gasteiger partial charge in [0.05, 0.1) is 23.7 Å². The summed E-state index contributed by atoms with van der Waals surface area (Å²) in [6.07, 6.45) is 6.46. The van der Waals surface area contributed by atoms with E-state index in [2.05, 4.69) is 16.0 Å². The van der Waals surface area contributed by atoms with Crippen molar-refractivity contribution in [2.45, 2.75) is 38.7 Å². The fraction of sp³-hybridized carbons (Fsp3) is 0.667. The molecule has 0 bridgehead atoms. The molecule has 3 rings (SSSR count). The van der Waals surface area contributed by atoms with Crippen molar-refractivity contribution in [1.82, 2.24) is 4.98 Å². The third-order valence-electron chi connectivity index (χ3n) is 4.59. The zero-order chi connectivity index (χ0) is 12.5. The lowest BCUT2D eigenvalue weighted by atomic mass is 10.0. The van der Waals surface area contributed by atoms with Crippen molar-refractivity contribution in [3.05, 3.63) is 24.0 Å². The Balaban J connectivity index is 1.70. The van der Waals surface area contributed by atoms with Crippen molar-refractivity contribution in [3.63, 3.8) is 0 Å². The Morgan fingerprint density at radius 3 is 2.61 bits per heavy atom. The number of aliphatic hydroxyl groups is 1. The third-order valence-corrected chi connectivity index (χ3v) is 4.59. The number of fused-ring (bicyclic) bond motifs is 1. The van der Waals surface area contributed by atoms with Gasteiger partial charge in [-0.1, -0.05) is 13.3 Å². The molecular formula is C15H22N2O. The zero-order valence-corrected chi connectivity index (χ0v) is 11.0. The molecule has 1 saturated heterocycles. The lowest BCUT2D eigenvalue weighted by Gasteiger charge is -2.19. The van der Waals surface area contributed by atoms with Crippen LogP contribution in [0.4, 0.5) is 5.69 Å². The first-order valence-electron chi connectivity index (χ1n) is 7.17. The van der Waals surface area contributed by atoms with Gasteiger partial charge in [0.2, 0.25) is 0 Å². The monoisotopic (exact) mass is 246 g/mol. The van der Waals surface area contributed by atoms with E-state index < -0.39 is 6.10 Å². The van der Waals surface area contributed by atoms with Crippen molar-refractivity contribution < 1.29 is 5.11 Å². The molecule has 2 fully saturated rings. The Morgan fingerprint density at radius 2 is 2.06 bits per heavy atom. The van der Waals surface area contributed by atoms with E-state index in [1.807, 2.05) is 19.2 Å². The maximum Gasteiger partial charge on any atom is 0.0957 e. The van der Waals surface area contributed by atoms with Crippen LogP contribution in [0.15, 0.2) is 18.3 Å². The number of rotatable bonds is 3. The molecule has 98 valence electrons. The van der Waals surface area contributed by atoms with Crippen LogP contribution in [0, 0.1) is 11.8 Å². The average molecular weight is 246 g/mol. The first kappa shape index (κ1) is 12.0. The SMILES string of the molecule is CC[C@@H](O)c1ccc(N2CC3CCCC3C2)cn1. The lowest BCUT2D eigenvalue weighted by molar-refractivity contribution is 0.169. The summed E-state index contributed by atoms with van der Waals surface area (Å²) in [4.78, 5) is 6.86. The fourth-order valence-electron chi connectivity index (χ4n) is 3.44. The molecule has 18 heavy (non-hydrogen) atoms. The number of aliphatic hydroxyl groups excluding tert-OH is 1. The number of hydrogen-bond donors (Lipinski definition) is 1. The Labute approximate surface area is 109 Å². The van der Waals surface area contributed by atoms with Gasteiger partial charge in [-0.2, -0.15) is 0 Å². The van der Waals surface area contributed by atoms with Gasteiger partial charge in [0.15, 0.2) is 0 Å². The van der Waals surface area contributed by atoms with Gasteiger partial charge >= 0.3 is 0 Å². The summed E-state index contributed by atoms with van der Waals surface area (Å²) in [5.74, 6) is 1.82. The predicted octanol–water partition coefficient (Wildman–Crippen LogP) is 2.76. The summed E-state index contributed by atoms with van der Waals surface area (Å²) < 4.78 is 0. The maximum absolute atomic E-state index is 9.74. The fourth-order valence-corrected chi connectivity index (χ4v) is 3.44. The van der Waals surface area contributed by atoms with Gasteiger partial charge < -0.3 is 10.0 Å². The van der Waals surface area contributed by atoms with Crippen LogP contribution in [0.2, 0.25) is 0 Å². The Morgan fingerprint density at radius 1 is 1.33 bits per heavy atom. The summed E-state index contributed by atoms with van der Waals surface area (Å²) >= 11 is 0. The summed E-state index contributed by atoms with van der Waals surface area (Å²) in [5, 5.41) is 9.74. The molecule has 0 aromatic carbocycles. The molecule has 0 spiro atoms. The summed E-state index contributed by atoms with van der Waals surface area (Å²) in [6.45, 7) is 4.37. The van der Waals surface area contributed by atoms with Crippen molar-refractivity contribution in [2.75, 3.05) is 18.0 Å². The van der Waals surface area contributed by atoms with Crippen LogP contribution in [0.5, 0.6) is 0 Å². The zero-order valence-electron chi connectivity index (χ0n) is 11.0. The second-order valence-electron chi connectivity index (χ2n) is 5.72. The second kappa shape index (κ2) is 4.88. The predicted molar refractivity (Wildman–Crippen MR) is 72.5 cm³/mol. The van der Waals surface area contributed by atoms with Gasteiger partial charge in [0, 0.05) is 13.1 Å². The summed E-state index contributed by atoms with van der Waals surface area (Å²) in [7, 11) is 0. The smallest absolute Gasteiger partial charge is 0.0957 e. The van der Waals surface area contributed by atoms with Crippen LogP contribution >= 0.6 is 0 Å². The number of pyridine rings is 1. The highest BCUT2D eigenvalue weighted by molar-refractivity contribution is 5.46. The normalized spacial score (nSPS) is 28.4. The van der Waals surface area contributed by atoms with E-state index in [4.69, 9.17) is 0 Å². The molecule has 3 heteroatoms. The van der Waals surface area contributed by atoms with E-state index in [9.17, 15) is 5.11 Å². The molecule has 1 aromatic rings. The van der Waals surface area contributed by atoms with Crippen molar-refractivity contribution >= 4 is 5.69 Å². The largest absolute Gasteiger partial charge is 0.387 e. The van der Waals surface area contributed by atoms with Crippen LogP contribution in [0.3, 0.4) is 0 Å². The molecule has 3 nitrogen and oxygen atoms in total. The van der Waals surface area contributed by atoms with Crippen LogP contribution in [-0.4, -0.2) is 23.2 Å². The minimum atomic E-state index is -0.419. The quantitative estimate of drug-likeness (QED) is 0.891. The molecule has 3 atom stereocenters. The van der Waals surface area contributed by atoms with Crippen LogP contribution in [0.25, 0.3) is 0 Å². The van der Waals surface area contributed by atoms with Gasteiger partial charge in [-0.15, -0.1) is 0 Å². The van der Waals surface area contributed by atoms with Crippen LogP contribution in [-0.2, 0) is 0 Å². The number of hydrogen-bond acceptors (Lipinski definition) is 3. The second-order valence-corrected chi connectivity index (χ2v) is 5.72. The van der Waals surface area contributed by atoms with E-state index in [1.165, 1.54) is 38.0 Å². The minimum Gasteiger partial charge on any atom is -0.387 e. The molecule has 1 aliphatic heterocycles. The standard InChI is InChI=1S/C15H22N2O/c1-2-15(18)14-7-6-13(8-16-14)17-9-11-4-3-5-12(11)10-17/h6-8,11-12,15,18H,2-5,9-10H2,1H3/t11?,12?,15-/m1/s1. The van der Waals surface area contributed by atoms with Crippen molar-refractivity contribution in [2.24, 2.45) is 11.8 Å². The first-order valence-corrected chi connectivity index (χ1v) is 7.17. The van der Waals surface area contributed by atoms with Crippen LogP contribution < -0.4 is 4.90 Å². The highest BCUT2D eigenvalue weighted by Gasteiger charge is 2.36. The summed E-state index contributed by atoms with van der Waals surface area (Å²) in [6, 6.07) is 4.08. The first-order chi connectivity index (χ1) is 8.78. The van der Waals surface area contributed by atoms with E-state index >= 15 is 0 Å². The van der Waals surface area contributed by atoms with Crippen molar-refractivity contribution in [1.29, 1.82) is 0 Å². The van der Waals surface area contributed by atoms with E-state index in [1.54, 1.807) is 0 Å². The number of nitrogens with zero attached hydrogens (tertiary/aromatic N) is 2. The highest BCUT2D eigenvalue weighted by Crippen LogP contribution is 2.39. The molecular weight excluding hydrogens is 224 g/mol. The van der Waals surface area contributed by atoms with Gasteiger partial charge in [0.1, 0.15) is 0 Å². The van der Waals surface area contributed by atoms with Crippen molar-refractivity contribution in [3.8, 4) is 0 Å². The molecule has 0 amide bonds. The Bertz CT molecular complexity index is 391. The maximum atomic E-state index is 9.74. The topological polar surface area (TPSA) is 36.4 Å². The molecule has 2 aliphatic rings. The van der Waals surface area contributed by atoms with Crippen LogP contribution in [0.1, 0.15) is 44.4 Å². The Kier molecular flexibility index (Phi) is 3.25. The molecule has 2 heterocycles. The highest BCUT2D eigenvalue weighted by atomic mass is 16.3. The van der Waals surface area contributed by atoms with Gasteiger partial charge in [0.25, 0.3) is 0 Å². The van der Waals surface area contributed by atoms with Gasteiger partial charge in [-0.25, -0.2) is 0 Å². The van der Waals surface area contributed by atoms with E-state index in [0.29, 0.717) is 0 Å². The average Bonchev–Trinajstić information content (AvgIpc) is 2.99. The lowest BCUT2D eigenvalue weighted by Crippen LogP contribution is -2.20. The van der Waals surface area contributed by atoms with E-state index in [-0.39, 0.29) is 0 Å². The van der Waals surface area contributed by atoms with Gasteiger partial charge in [-0.05, 0) is 43.2 Å². The summed E-state index contributed by atoms with van der Waals surface area (Å²) in [5.41, 5.74) is 2.01. The number of aromatic nitrogens is 1. The molecule has 1 aliphatic carbocycles. The molecule has 1 aromatic heterocycles. The Hall–Kier alpha value is -1.09. The molecule has 2 unspecified atom stereocenters. The van der Waals surface area contributed by atoms with E-state index in [0.717, 1.165) is 24.0 Å². The third kappa shape index (κ3) is 2.12.